The Bertz CT molecular complexity index is 622. The highest BCUT2D eigenvalue weighted by molar-refractivity contribution is 7.08. The molecule has 1 fully saturated rings. The van der Waals surface area contributed by atoms with Gasteiger partial charge >= 0.3 is 0 Å². The number of aliphatic hydroxyl groups is 1. The van der Waals surface area contributed by atoms with Gasteiger partial charge < -0.3 is 19.5 Å². The van der Waals surface area contributed by atoms with Gasteiger partial charge in [0.2, 0.25) is 6.29 Å². The number of nitrogens with zero attached hydrogens (tertiary/aromatic N) is 1. The van der Waals surface area contributed by atoms with Crippen LogP contribution in [-0.2, 0) is 14.3 Å². The normalized spacial score (nSPS) is 26.1. The van der Waals surface area contributed by atoms with Crippen molar-refractivity contribution in [3.8, 4) is 0 Å². The van der Waals surface area contributed by atoms with Gasteiger partial charge in [-0.15, -0.1) is 0 Å². The highest BCUT2D eigenvalue weighted by Gasteiger charge is 2.38. The lowest BCUT2D eigenvalue weighted by Gasteiger charge is -2.38. The summed E-state index contributed by atoms with van der Waals surface area (Å²) in [7, 11) is 0. The van der Waals surface area contributed by atoms with Crippen molar-refractivity contribution in [3.05, 3.63) is 34.2 Å². The maximum absolute atomic E-state index is 13.2. The van der Waals surface area contributed by atoms with Crippen LogP contribution >= 0.6 is 11.3 Å². The van der Waals surface area contributed by atoms with E-state index >= 15 is 0 Å². The molecule has 1 aromatic rings. The van der Waals surface area contributed by atoms with Crippen molar-refractivity contribution in [2.45, 2.75) is 64.1 Å². The second-order valence-electron chi connectivity index (χ2n) is 7.64. The van der Waals surface area contributed by atoms with E-state index in [1.807, 2.05) is 17.9 Å². The molecule has 2 aliphatic rings. The van der Waals surface area contributed by atoms with Crippen LogP contribution in [0, 0.1) is 5.92 Å². The second kappa shape index (κ2) is 11.0. The molecular formula is C22H33NO4S. The molecule has 1 aromatic heterocycles. The van der Waals surface area contributed by atoms with Gasteiger partial charge in [0.15, 0.2) is 5.76 Å². The monoisotopic (exact) mass is 407 g/mol. The van der Waals surface area contributed by atoms with Crippen LogP contribution in [0.4, 0.5) is 0 Å². The quantitative estimate of drug-likeness (QED) is 0.732. The maximum Gasteiger partial charge on any atom is 0.288 e. The summed E-state index contributed by atoms with van der Waals surface area (Å²) in [5.41, 5.74) is 1.19. The first-order valence-electron chi connectivity index (χ1n) is 10.7. The van der Waals surface area contributed by atoms with E-state index < -0.39 is 6.29 Å². The van der Waals surface area contributed by atoms with Gasteiger partial charge in [-0.05, 0) is 61.1 Å². The lowest BCUT2D eigenvalue weighted by atomic mass is 9.81. The number of carbonyl (C=O) groups excluding carboxylic acids is 1. The highest BCUT2D eigenvalue weighted by atomic mass is 32.1. The molecule has 3 heterocycles. The summed E-state index contributed by atoms with van der Waals surface area (Å²) in [6, 6.07) is 2.12. The van der Waals surface area contributed by atoms with Gasteiger partial charge in [0, 0.05) is 38.1 Å². The number of amides is 1. The summed E-state index contributed by atoms with van der Waals surface area (Å²) in [5, 5.41) is 13.5. The Labute approximate surface area is 172 Å². The van der Waals surface area contributed by atoms with E-state index in [1.165, 1.54) is 24.8 Å². The third kappa shape index (κ3) is 5.37. The summed E-state index contributed by atoms with van der Waals surface area (Å²) in [6.07, 6.45) is 8.78. The standard InChI is InChI=1S/C22H33NO4S/c1-2-26-22-18(9-8-13-24)19(17-10-14-28-16-17)15-20(27-22)21(25)23-11-6-4-3-5-7-12-23/h10,14-16,18-19,22,24H,2-9,11-13H2,1H3/t18-,19-,22-/m0/s1. The second-order valence-corrected chi connectivity index (χ2v) is 8.42. The largest absolute Gasteiger partial charge is 0.459 e. The van der Waals surface area contributed by atoms with E-state index in [9.17, 15) is 9.90 Å². The van der Waals surface area contributed by atoms with Crippen LogP contribution in [-0.4, -0.2) is 48.5 Å². The fourth-order valence-corrected chi connectivity index (χ4v) is 4.92. The summed E-state index contributed by atoms with van der Waals surface area (Å²) in [4.78, 5) is 15.2. The van der Waals surface area contributed by atoms with Gasteiger partial charge in [0.25, 0.3) is 5.91 Å². The first-order valence-corrected chi connectivity index (χ1v) is 11.6. The first kappa shape index (κ1) is 21.3. The minimum atomic E-state index is -0.458. The molecule has 0 saturated carbocycles. The average Bonchev–Trinajstić information content (AvgIpc) is 3.20. The maximum atomic E-state index is 13.2. The first-order chi connectivity index (χ1) is 13.7. The molecule has 2 aliphatic heterocycles. The van der Waals surface area contributed by atoms with Crippen molar-refractivity contribution in [2.24, 2.45) is 5.92 Å². The number of likely N-dealkylation sites (tertiary alicyclic amines) is 1. The SMILES string of the molecule is CCO[C@H]1OC(C(=O)N2CCCCCCC2)=C[C@@H](c2ccsc2)[C@@H]1CCCO. The molecule has 0 radical (unpaired) electrons. The van der Waals surface area contributed by atoms with Crippen molar-refractivity contribution in [2.75, 3.05) is 26.3 Å². The summed E-state index contributed by atoms with van der Waals surface area (Å²) < 4.78 is 12.0. The summed E-state index contributed by atoms with van der Waals surface area (Å²) >= 11 is 1.66. The van der Waals surface area contributed by atoms with Crippen LogP contribution in [0.25, 0.3) is 0 Å². The number of carbonyl (C=O) groups is 1. The molecule has 6 heteroatoms. The molecule has 0 bridgehead atoms. The predicted molar refractivity (Wildman–Crippen MR) is 111 cm³/mol. The third-order valence-electron chi connectivity index (χ3n) is 5.69. The van der Waals surface area contributed by atoms with Crippen LogP contribution in [0.1, 0.15) is 63.4 Å². The number of ether oxygens (including phenoxy) is 2. The van der Waals surface area contributed by atoms with Crippen LogP contribution in [0.15, 0.2) is 28.7 Å². The molecule has 5 nitrogen and oxygen atoms in total. The average molecular weight is 408 g/mol. The van der Waals surface area contributed by atoms with E-state index in [4.69, 9.17) is 9.47 Å². The molecule has 1 amide bonds. The Morgan fingerprint density at radius 1 is 1.29 bits per heavy atom. The van der Waals surface area contributed by atoms with Gasteiger partial charge in [0.1, 0.15) is 0 Å². The van der Waals surface area contributed by atoms with Crippen molar-refractivity contribution in [3.63, 3.8) is 0 Å². The Kier molecular flexibility index (Phi) is 8.37. The third-order valence-corrected chi connectivity index (χ3v) is 6.40. The molecule has 3 rings (SSSR count). The molecule has 156 valence electrons. The Morgan fingerprint density at radius 3 is 2.68 bits per heavy atom. The van der Waals surface area contributed by atoms with Crippen LogP contribution < -0.4 is 0 Å². The van der Waals surface area contributed by atoms with Gasteiger partial charge in [-0.1, -0.05) is 19.3 Å². The summed E-state index contributed by atoms with van der Waals surface area (Å²) in [5.74, 6) is 0.574. The number of hydrogen-bond donors (Lipinski definition) is 1. The van der Waals surface area contributed by atoms with Crippen molar-refractivity contribution in [1.82, 2.24) is 4.90 Å². The molecule has 1 saturated heterocycles. The van der Waals surface area contributed by atoms with E-state index in [-0.39, 0.29) is 24.3 Å². The molecule has 1 N–H and O–H groups in total. The fraction of sp³-hybridized carbons (Fsp3) is 0.682. The van der Waals surface area contributed by atoms with Crippen molar-refractivity contribution in [1.29, 1.82) is 0 Å². The van der Waals surface area contributed by atoms with Crippen LogP contribution in [0.2, 0.25) is 0 Å². The predicted octanol–water partition coefficient (Wildman–Crippen LogP) is 4.29. The lowest BCUT2D eigenvalue weighted by molar-refractivity contribution is -0.170. The number of aliphatic hydroxyl groups excluding tert-OH is 1. The van der Waals surface area contributed by atoms with Crippen molar-refractivity contribution >= 4 is 17.2 Å². The number of rotatable bonds is 7. The fourth-order valence-electron chi connectivity index (χ4n) is 4.21. The Morgan fingerprint density at radius 2 is 2.04 bits per heavy atom. The molecule has 28 heavy (non-hydrogen) atoms. The van der Waals surface area contributed by atoms with E-state index in [2.05, 4.69) is 16.8 Å². The van der Waals surface area contributed by atoms with Crippen LogP contribution in [0.5, 0.6) is 0 Å². The van der Waals surface area contributed by atoms with Crippen LogP contribution in [0.3, 0.4) is 0 Å². The van der Waals surface area contributed by atoms with Gasteiger partial charge in [-0.25, -0.2) is 0 Å². The van der Waals surface area contributed by atoms with E-state index in [0.717, 1.165) is 32.4 Å². The molecular weight excluding hydrogens is 374 g/mol. The minimum Gasteiger partial charge on any atom is -0.459 e. The number of thiophene rings is 1. The van der Waals surface area contributed by atoms with Gasteiger partial charge in [-0.2, -0.15) is 11.3 Å². The van der Waals surface area contributed by atoms with Gasteiger partial charge in [0.05, 0.1) is 0 Å². The van der Waals surface area contributed by atoms with Gasteiger partial charge in [-0.3, -0.25) is 4.79 Å². The van der Waals surface area contributed by atoms with Crippen molar-refractivity contribution < 1.29 is 19.4 Å². The smallest absolute Gasteiger partial charge is 0.288 e. The summed E-state index contributed by atoms with van der Waals surface area (Å²) in [6.45, 7) is 4.23. The highest BCUT2D eigenvalue weighted by Crippen LogP contribution is 2.40. The Balaban J connectivity index is 1.85. The lowest BCUT2D eigenvalue weighted by Crippen LogP contribution is -2.41. The topological polar surface area (TPSA) is 59.0 Å². The zero-order valence-electron chi connectivity index (χ0n) is 16.8. The Hall–Kier alpha value is -1.37. The molecule has 0 spiro atoms. The zero-order chi connectivity index (χ0) is 19.8. The molecule has 0 unspecified atom stereocenters. The number of allylic oxidation sites excluding steroid dienone is 1. The molecule has 0 aromatic carbocycles. The molecule has 3 atom stereocenters. The van der Waals surface area contributed by atoms with E-state index in [0.29, 0.717) is 18.8 Å². The number of hydrogen-bond acceptors (Lipinski definition) is 5. The molecule has 0 aliphatic carbocycles. The zero-order valence-corrected chi connectivity index (χ0v) is 17.7. The van der Waals surface area contributed by atoms with E-state index in [1.54, 1.807) is 11.3 Å². The minimum absolute atomic E-state index is 0.00700.